The Morgan fingerprint density at radius 3 is 2.50 bits per heavy atom. The van der Waals surface area contributed by atoms with Crippen LogP contribution in [0.15, 0.2) is 15.2 Å². The van der Waals surface area contributed by atoms with E-state index in [1.165, 1.54) is 4.90 Å². The Morgan fingerprint density at radius 1 is 1.50 bits per heavy atom. The fraction of sp³-hybridized carbons (Fsp3) is 0.545. The average molecular weight is 338 g/mol. The van der Waals surface area contributed by atoms with Gasteiger partial charge in [0.05, 0.1) is 5.75 Å². The van der Waals surface area contributed by atoms with E-state index in [9.17, 15) is 13.2 Å². The predicted octanol–water partition coefficient (Wildman–Crippen LogP) is 1.86. The molecule has 0 fully saturated rings. The van der Waals surface area contributed by atoms with E-state index in [4.69, 9.17) is 4.42 Å². The van der Waals surface area contributed by atoms with Gasteiger partial charge in [-0.1, -0.05) is 0 Å². The average Bonchev–Trinajstić information content (AvgIpc) is 2.56. The highest BCUT2D eigenvalue weighted by molar-refractivity contribution is 9.10. The Balaban J connectivity index is 2.83. The molecule has 0 radical (unpaired) electrons. The topological polar surface area (TPSA) is 67.6 Å². The highest BCUT2D eigenvalue weighted by atomic mass is 79.9. The second kappa shape index (κ2) is 5.88. The molecule has 1 heterocycles. The van der Waals surface area contributed by atoms with Crippen molar-refractivity contribution in [1.82, 2.24) is 4.90 Å². The van der Waals surface area contributed by atoms with E-state index in [2.05, 4.69) is 15.9 Å². The lowest BCUT2D eigenvalue weighted by molar-refractivity contribution is 0.0740. The zero-order valence-corrected chi connectivity index (χ0v) is 13.0. The van der Waals surface area contributed by atoms with Crippen molar-refractivity contribution in [2.45, 2.75) is 13.8 Å². The molecule has 0 aromatic carbocycles. The van der Waals surface area contributed by atoms with Gasteiger partial charge in [0.1, 0.15) is 9.84 Å². The Morgan fingerprint density at radius 2 is 2.11 bits per heavy atom. The van der Waals surface area contributed by atoms with Crippen LogP contribution in [0.4, 0.5) is 0 Å². The quantitative estimate of drug-likeness (QED) is 0.822. The number of nitrogens with zero attached hydrogens (tertiary/aromatic N) is 1. The lowest BCUT2D eigenvalue weighted by atomic mass is 10.2. The number of halogens is 1. The number of furan rings is 1. The van der Waals surface area contributed by atoms with E-state index >= 15 is 0 Å². The van der Waals surface area contributed by atoms with Crippen molar-refractivity contribution < 1.29 is 17.6 Å². The molecule has 1 rings (SSSR count). The number of rotatable bonds is 5. The Labute approximate surface area is 115 Å². The number of hydrogen-bond donors (Lipinski definition) is 0. The zero-order chi connectivity index (χ0) is 13.9. The molecule has 0 aliphatic rings. The van der Waals surface area contributed by atoms with E-state index in [1.807, 2.05) is 0 Å². The molecule has 7 heteroatoms. The van der Waals surface area contributed by atoms with Gasteiger partial charge >= 0.3 is 0 Å². The first kappa shape index (κ1) is 15.2. The maximum Gasteiger partial charge on any atom is 0.289 e. The van der Waals surface area contributed by atoms with Crippen LogP contribution in [0.25, 0.3) is 0 Å². The van der Waals surface area contributed by atoms with Crippen molar-refractivity contribution in [2.24, 2.45) is 0 Å². The van der Waals surface area contributed by atoms with E-state index < -0.39 is 9.84 Å². The summed E-state index contributed by atoms with van der Waals surface area (Å²) in [5, 5.41) is 0. The first-order valence-corrected chi connectivity index (χ1v) is 8.33. The third-order valence-electron chi connectivity index (χ3n) is 2.48. The van der Waals surface area contributed by atoms with Crippen molar-refractivity contribution in [3.05, 3.63) is 22.1 Å². The molecule has 0 saturated heterocycles. The van der Waals surface area contributed by atoms with Gasteiger partial charge in [0.25, 0.3) is 5.91 Å². The largest absolute Gasteiger partial charge is 0.444 e. The molecule has 0 aliphatic heterocycles. The lowest BCUT2D eigenvalue weighted by Gasteiger charge is -2.19. The fourth-order valence-corrected chi connectivity index (χ4v) is 2.54. The molecule has 0 spiro atoms. The highest BCUT2D eigenvalue weighted by Gasteiger charge is 2.21. The molecule has 0 saturated carbocycles. The minimum Gasteiger partial charge on any atom is -0.444 e. The summed E-state index contributed by atoms with van der Waals surface area (Å²) in [6, 6.07) is 1.71. The van der Waals surface area contributed by atoms with Gasteiger partial charge in [0.15, 0.2) is 10.4 Å². The van der Waals surface area contributed by atoms with Crippen molar-refractivity contribution in [2.75, 3.05) is 25.1 Å². The number of carbonyl (C=O) groups excluding carboxylic acids is 1. The van der Waals surface area contributed by atoms with Crippen LogP contribution in [0.5, 0.6) is 0 Å². The van der Waals surface area contributed by atoms with Gasteiger partial charge in [-0.15, -0.1) is 0 Å². The number of amides is 1. The van der Waals surface area contributed by atoms with Crippen LogP contribution in [-0.4, -0.2) is 44.3 Å². The van der Waals surface area contributed by atoms with E-state index in [1.54, 1.807) is 19.9 Å². The fourth-order valence-electron chi connectivity index (χ4n) is 1.48. The minimum absolute atomic E-state index is 0.0481. The molecule has 0 N–H and O–H groups in total. The van der Waals surface area contributed by atoms with Crippen LogP contribution in [0.1, 0.15) is 23.0 Å². The molecular formula is C11H16BrNO4S. The van der Waals surface area contributed by atoms with Crippen LogP contribution >= 0.6 is 15.9 Å². The van der Waals surface area contributed by atoms with Gasteiger partial charge in [-0.2, -0.15) is 0 Å². The molecule has 5 nitrogen and oxygen atoms in total. The molecule has 18 heavy (non-hydrogen) atoms. The van der Waals surface area contributed by atoms with Crippen molar-refractivity contribution in [3.8, 4) is 0 Å². The molecule has 0 unspecified atom stereocenters. The van der Waals surface area contributed by atoms with Crippen molar-refractivity contribution >= 4 is 31.7 Å². The summed E-state index contributed by atoms with van der Waals surface area (Å²) in [5.41, 5.74) is 0.727. The van der Waals surface area contributed by atoms with Crippen LogP contribution in [0, 0.1) is 6.92 Å². The second-order valence-corrected chi connectivity index (χ2v) is 7.12. The molecule has 1 aromatic heterocycles. The summed E-state index contributed by atoms with van der Waals surface area (Å²) in [6.45, 7) is 4.18. The number of sulfone groups is 1. The van der Waals surface area contributed by atoms with Gasteiger partial charge in [0.2, 0.25) is 0 Å². The summed E-state index contributed by atoms with van der Waals surface area (Å²) >= 11 is 3.16. The molecule has 0 atom stereocenters. The first-order valence-electron chi connectivity index (χ1n) is 5.47. The van der Waals surface area contributed by atoms with E-state index in [0.717, 1.165) is 11.8 Å². The van der Waals surface area contributed by atoms with E-state index in [-0.39, 0.29) is 24.0 Å². The summed E-state index contributed by atoms with van der Waals surface area (Å²) in [4.78, 5) is 13.6. The monoisotopic (exact) mass is 337 g/mol. The molecule has 0 aliphatic carbocycles. The molecule has 102 valence electrons. The molecule has 1 amide bonds. The van der Waals surface area contributed by atoms with Gasteiger partial charge in [-0.3, -0.25) is 4.79 Å². The summed E-state index contributed by atoms with van der Waals surface area (Å²) < 4.78 is 28.0. The normalized spacial score (nSPS) is 11.6. The summed E-state index contributed by atoms with van der Waals surface area (Å²) in [6.07, 6.45) is 1.15. The lowest BCUT2D eigenvalue weighted by Crippen LogP contribution is -2.35. The third-order valence-corrected chi connectivity index (χ3v) is 3.80. The first-order chi connectivity index (χ1) is 8.24. The maximum atomic E-state index is 12.1. The van der Waals surface area contributed by atoms with Gasteiger partial charge in [-0.25, -0.2) is 8.42 Å². The SMILES string of the molecule is CCN(CCS(C)(=O)=O)C(=O)c1oc(Br)cc1C. The summed E-state index contributed by atoms with van der Waals surface area (Å²) in [5.74, 6) is -0.0883. The van der Waals surface area contributed by atoms with Crippen LogP contribution < -0.4 is 0 Å². The smallest absolute Gasteiger partial charge is 0.289 e. The minimum atomic E-state index is -3.08. The van der Waals surface area contributed by atoms with Gasteiger partial charge in [-0.05, 0) is 35.8 Å². The predicted molar refractivity (Wildman–Crippen MR) is 72.4 cm³/mol. The van der Waals surface area contributed by atoms with Gasteiger partial charge < -0.3 is 9.32 Å². The Hall–Kier alpha value is -0.820. The maximum absolute atomic E-state index is 12.1. The molecular weight excluding hydrogens is 322 g/mol. The number of hydrogen-bond acceptors (Lipinski definition) is 4. The Kier molecular flexibility index (Phi) is 4.98. The van der Waals surface area contributed by atoms with Crippen LogP contribution in [-0.2, 0) is 9.84 Å². The molecule has 1 aromatic rings. The van der Waals surface area contributed by atoms with Gasteiger partial charge in [0, 0.05) is 24.9 Å². The Bertz CT molecular complexity index is 535. The number of aryl methyl sites for hydroxylation is 1. The zero-order valence-electron chi connectivity index (χ0n) is 10.6. The molecule has 0 bridgehead atoms. The highest BCUT2D eigenvalue weighted by Crippen LogP contribution is 2.20. The standard InChI is InChI=1S/C11H16BrNO4S/c1-4-13(5-6-18(3,15)16)11(14)10-8(2)7-9(12)17-10/h7H,4-6H2,1-3H3. The van der Waals surface area contributed by atoms with Crippen molar-refractivity contribution in [3.63, 3.8) is 0 Å². The second-order valence-electron chi connectivity index (χ2n) is 4.08. The third kappa shape index (κ3) is 4.13. The summed E-state index contributed by atoms with van der Waals surface area (Å²) in [7, 11) is -3.08. The van der Waals surface area contributed by atoms with Crippen LogP contribution in [0.3, 0.4) is 0 Å². The number of carbonyl (C=O) groups is 1. The van der Waals surface area contributed by atoms with E-state index in [0.29, 0.717) is 11.2 Å². The van der Waals surface area contributed by atoms with Crippen LogP contribution in [0.2, 0.25) is 0 Å². The van der Waals surface area contributed by atoms with Crippen molar-refractivity contribution in [1.29, 1.82) is 0 Å².